The number of hydrogen-bond acceptors (Lipinski definition) is 4. The molecule has 2 bridgehead atoms. The standard InChI is InChI=1S/C18H18BrNO4/c1-10(11-3-5-12(19)6-4-11)20-9-18-8-7-13(24-18)14(17(22)23-2)15(18)16(20)21/h3-8,10,13-15H,9H2,1-2H3/t10?,13-,14?,15-,18?/m1/s1. The highest BCUT2D eigenvalue weighted by Gasteiger charge is 2.67. The molecule has 0 aliphatic carbocycles. The molecule has 2 saturated heterocycles. The summed E-state index contributed by atoms with van der Waals surface area (Å²) in [6.45, 7) is 2.47. The van der Waals surface area contributed by atoms with Crippen LogP contribution in [-0.4, -0.2) is 42.1 Å². The van der Waals surface area contributed by atoms with Crippen LogP contribution < -0.4 is 0 Å². The molecule has 3 unspecified atom stereocenters. The smallest absolute Gasteiger partial charge is 0.312 e. The van der Waals surface area contributed by atoms with E-state index in [2.05, 4.69) is 15.9 Å². The molecule has 3 heterocycles. The van der Waals surface area contributed by atoms with E-state index < -0.39 is 17.4 Å². The second kappa shape index (κ2) is 5.43. The highest BCUT2D eigenvalue weighted by Crippen LogP contribution is 2.53. The molecule has 0 saturated carbocycles. The maximum Gasteiger partial charge on any atom is 0.312 e. The number of methoxy groups -OCH3 is 1. The number of nitrogens with zero attached hydrogens (tertiary/aromatic N) is 1. The van der Waals surface area contributed by atoms with Crippen molar-refractivity contribution in [3.05, 3.63) is 46.5 Å². The summed E-state index contributed by atoms with van der Waals surface area (Å²) in [5.74, 6) is -1.44. The Morgan fingerprint density at radius 3 is 2.79 bits per heavy atom. The third kappa shape index (κ3) is 2.09. The SMILES string of the molecule is COC(=O)C1[C@H]2C=CC3(CN(C(C)c4ccc(Br)cc4)C(=O)[C@@H]13)O2. The number of benzene rings is 1. The van der Waals surface area contributed by atoms with Gasteiger partial charge in [-0.2, -0.15) is 0 Å². The highest BCUT2D eigenvalue weighted by molar-refractivity contribution is 9.10. The lowest BCUT2D eigenvalue weighted by Gasteiger charge is -2.27. The van der Waals surface area contributed by atoms with Crippen LogP contribution in [0.5, 0.6) is 0 Å². The van der Waals surface area contributed by atoms with Gasteiger partial charge in [0.2, 0.25) is 5.91 Å². The Bertz CT molecular complexity index is 731. The van der Waals surface area contributed by atoms with Crippen molar-refractivity contribution in [2.45, 2.75) is 24.7 Å². The molecule has 126 valence electrons. The topological polar surface area (TPSA) is 55.8 Å². The van der Waals surface area contributed by atoms with Crippen molar-refractivity contribution >= 4 is 27.8 Å². The number of likely N-dealkylation sites (tertiary alicyclic amines) is 1. The van der Waals surface area contributed by atoms with Crippen LogP contribution in [0.4, 0.5) is 0 Å². The first-order valence-electron chi connectivity index (χ1n) is 7.98. The van der Waals surface area contributed by atoms with Gasteiger partial charge < -0.3 is 14.4 Å². The zero-order chi connectivity index (χ0) is 17.1. The fourth-order valence-electron chi connectivity index (χ4n) is 4.18. The molecule has 2 fully saturated rings. The summed E-state index contributed by atoms with van der Waals surface area (Å²) in [7, 11) is 1.35. The lowest BCUT2D eigenvalue weighted by atomic mass is 9.77. The van der Waals surface area contributed by atoms with Gasteiger partial charge in [0.05, 0.1) is 31.7 Å². The zero-order valence-electron chi connectivity index (χ0n) is 13.4. The van der Waals surface area contributed by atoms with Crippen LogP contribution in [0, 0.1) is 11.8 Å². The molecule has 1 aromatic carbocycles. The number of esters is 1. The van der Waals surface area contributed by atoms with Gasteiger partial charge in [0.25, 0.3) is 0 Å². The van der Waals surface area contributed by atoms with Crippen LogP contribution in [0.1, 0.15) is 18.5 Å². The van der Waals surface area contributed by atoms with E-state index in [0.29, 0.717) is 6.54 Å². The van der Waals surface area contributed by atoms with E-state index in [9.17, 15) is 9.59 Å². The predicted octanol–water partition coefficient (Wildman–Crippen LogP) is 2.47. The van der Waals surface area contributed by atoms with Crippen molar-refractivity contribution in [3.8, 4) is 0 Å². The van der Waals surface area contributed by atoms with E-state index in [-0.39, 0.29) is 24.0 Å². The third-order valence-electron chi connectivity index (χ3n) is 5.42. The van der Waals surface area contributed by atoms with Crippen molar-refractivity contribution in [1.29, 1.82) is 0 Å². The Kier molecular flexibility index (Phi) is 3.58. The van der Waals surface area contributed by atoms with E-state index in [1.165, 1.54) is 7.11 Å². The lowest BCUT2D eigenvalue weighted by Crippen LogP contribution is -2.39. The Labute approximate surface area is 148 Å². The van der Waals surface area contributed by atoms with E-state index in [1.807, 2.05) is 48.2 Å². The van der Waals surface area contributed by atoms with Gasteiger partial charge in [-0.3, -0.25) is 9.59 Å². The van der Waals surface area contributed by atoms with Crippen molar-refractivity contribution in [3.63, 3.8) is 0 Å². The summed E-state index contributed by atoms with van der Waals surface area (Å²) >= 11 is 3.43. The summed E-state index contributed by atoms with van der Waals surface area (Å²) in [4.78, 5) is 27.1. The van der Waals surface area contributed by atoms with Crippen molar-refractivity contribution in [1.82, 2.24) is 4.90 Å². The molecule has 3 aliphatic rings. The van der Waals surface area contributed by atoms with Gasteiger partial charge in [0.1, 0.15) is 11.5 Å². The maximum atomic E-state index is 13.1. The lowest BCUT2D eigenvalue weighted by molar-refractivity contribution is -0.151. The Morgan fingerprint density at radius 1 is 1.42 bits per heavy atom. The Balaban J connectivity index is 1.65. The van der Waals surface area contributed by atoms with Gasteiger partial charge in [-0.25, -0.2) is 0 Å². The zero-order valence-corrected chi connectivity index (χ0v) is 15.0. The van der Waals surface area contributed by atoms with Crippen LogP contribution in [0.25, 0.3) is 0 Å². The van der Waals surface area contributed by atoms with Crippen LogP contribution in [-0.2, 0) is 19.1 Å². The second-order valence-electron chi connectivity index (χ2n) is 6.62. The van der Waals surface area contributed by atoms with E-state index in [4.69, 9.17) is 9.47 Å². The molecule has 0 N–H and O–H groups in total. The monoisotopic (exact) mass is 391 g/mol. The summed E-state index contributed by atoms with van der Waals surface area (Å²) in [6, 6.07) is 7.84. The minimum absolute atomic E-state index is 0.0346. The summed E-state index contributed by atoms with van der Waals surface area (Å²) in [5, 5.41) is 0. The second-order valence-corrected chi connectivity index (χ2v) is 7.53. The minimum Gasteiger partial charge on any atom is -0.469 e. The van der Waals surface area contributed by atoms with Gasteiger partial charge in [-0.05, 0) is 24.6 Å². The van der Waals surface area contributed by atoms with Crippen LogP contribution in [0.2, 0.25) is 0 Å². The first-order valence-corrected chi connectivity index (χ1v) is 8.77. The molecule has 1 amide bonds. The Morgan fingerprint density at radius 2 is 2.12 bits per heavy atom. The quantitative estimate of drug-likeness (QED) is 0.586. The molecule has 5 nitrogen and oxygen atoms in total. The number of carbonyl (C=O) groups is 2. The Hall–Kier alpha value is -1.66. The molecule has 4 rings (SSSR count). The van der Waals surface area contributed by atoms with Crippen LogP contribution in [0.3, 0.4) is 0 Å². The van der Waals surface area contributed by atoms with E-state index in [1.54, 1.807) is 0 Å². The summed E-state index contributed by atoms with van der Waals surface area (Å²) < 4.78 is 11.9. The van der Waals surface area contributed by atoms with Crippen LogP contribution in [0.15, 0.2) is 40.9 Å². The van der Waals surface area contributed by atoms with Crippen molar-refractivity contribution < 1.29 is 19.1 Å². The van der Waals surface area contributed by atoms with Crippen molar-refractivity contribution in [2.24, 2.45) is 11.8 Å². The fourth-order valence-corrected chi connectivity index (χ4v) is 4.45. The van der Waals surface area contributed by atoms with Gasteiger partial charge >= 0.3 is 5.97 Å². The van der Waals surface area contributed by atoms with E-state index in [0.717, 1.165) is 10.0 Å². The fraction of sp³-hybridized carbons (Fsp3) is 0.444. The van der Waals surface area contributed by atoms with Gasteiger partial charge in [0.15, 0.2) is 0 Å². The number of fused-ring (bicyclic) bond motifs is 1. The minimum atomic E-state index is -0.690. The molecule has 1 aromatic rings. The average molecular weight is 392 g/mol. The maximum absolute atomic E-state index is 13.1. The predicted molar refractivity (Wildman–Crippen MR) is 90.0 cm³/mol. The molecular weight excluding hydrogens is 374 g/mol. The third-order valence-corrected chi connectivity index (χ3v) is 5.95. The molecule has 24 heavy (non-hydrogen) atoms. The summed E-state index contributed by atoms with van der Waals surface area (Å²) in [6.07, 6.45) is 3.49. The van der Waals surface area contributed by atoms with Gasteiger partial charge in [0, 0.05) is 4.47 Å². The molecular formula is C18H18BrNO4. The number of rotatable bonds is 3. The largest absolute Gasteiger partial charge is 0.469 e. The molecule has 0 aromatic heterocycles. The first-order chi connectivity index (χ1) is 11.5. The molecule has 6 heteroatoms. The van der Waals surface area contributed by atoms with Crippen LogP contribution >= 0.6 is 15.9 Å². The first kappa shape index (κ1) is 15.8. The van der Waals surface area contributed by atoms with Crippen molar-refractivity contribution in [2.75, 3.05) is 13.7 Å². The number of ether oxygens (including phenoxy) is 2. The number of halogens is 1. The summed E-state index contributed by atoms with van der Waals surface area (Å²) in [5.41, 5.74) is 0.362. The average Bonchev–Trinajstić information content (AvgIpc) is 3.22. The molecule has 0 radical (unpaired) electrons. The van der Waals surface area contributed by atoms with Gasteiger partial charge in [-0.15, -0.1) is 0 Å². The number of carbonyl (C=O) groups excluding carboxylic acids is 2. The molecule has 5 atom stereocenters. The molecule has 1 spiro atoms. The number of amides is 1. The van der Waals surface area contributed by atoms with E-state index >= 15 is 0 Å². The normalized spacial score (nSPS) is 34.5. The molecule has 3 aliphatic heterocycles. The number of hydrogen-bond donors (Lipinski definition) is 0. The van der Waals surface area contributed by atoms with Gasteiger partial charge in [-0.1, -0.05) is 40.2 Å². The highest BCUT2D eigenvalue weighted by atomic mass is 79.9.